The quantitative estimate of drug-likeness (QED) is 0.788. The number of aliphatic hydroxyl groups excluding tert-OH is 1. The summed E-state index contributed by atoms with van der Waals surface area (Å²) in [7, 11) is 0. The van der Waals surface area contributed by atoms with E-state index in [1.807, 2.05) is 36.4 Å². The number of anilines is 1. The van der Waals surface area contributed by atoms with Crippen LogP contribution in [0.25, 0.3) is 10.8 Å². The van der Waals surface area contributed by atoms with Gasteiger partial charge in [-0.2, -0.15) is 0 Å². The number of aliphatic hydroxyl groups is 1. The van der Waals surface area contributed by atoms with Gasteiger partial charge in [0.1, 0.15) is 0 Å². The number of benzene rings is 2. The average molecular weight is 298 g/mol. The van der Waals surface area contributed by atoms with Crippen molar-refractivity contribution in [2.24, 2.45) is 0 Å². The molecule has 3 rings (SSSR count). The number of nitrogens with zero attached hydrogens (tertiary/aromatic N) is 1. The van der Waals surface area contributed by atoms with Crippen molar-refractivity contribution in [2.45, 2.75) is 18.9 Å². The van der Waals surface area contributed by atoms with Gasteiger partial charge < -0.3 is 15.3 Å². The van der Waals surface area contributed by atoms with E-state index in [1.165, 1.54) is 4.90 Å². The van der Waals surface area contributed by atoms with Crippen molar-refractivity contribution in [1.29, 1.82) is 0 Å². The SMILES string of the molecule is O=C(Nc1cccc2ccccc12)C(=O)N1CCCC(O)C1. The first-order valence-electron chi connectivity index (χ1n) is 7.41. The molecule has 1 saturated heterocycles. The summed E-state index contributed by atoms with van der Waals surface area (Å²) in [6.45, 7) is 0.737. The Kier molecular flexibility index (Phi) is 4.06. The van der Waals surface area contributed by atoms with Crippen LogP contribution in [-0.2, 0) is 9.59 Å². The van der Waals surface area contributed by atoms with Crippen molar-refractivity contribution >= 4 is 28.3 Å². The van der Waals surface area contributed by atoms with E-state index in [9.17, 15) is 14.7 Å². The van der Waals surface area contributed by atoms with Gasteiger partial charge in [0, 0.05) is 24.2 Å². The molecular formula is C17H18N2O3. The van der Waals surface area contributed by atoms with Crippen LogP contribution in [-0.4, -0.2) is 41.0 Å². The largest absolute Gasteiger partial charge is 0.391 e. The van der Waals surface area contributed by atoms with Crippen molar-refractivity contribution in [3.05, 3.63) is 42.5 Å². The molecule has 2 aromatic carbocycles. The van der Waals surface area contributed by atoms with Crippen molar-refractivity contribution in [1.82, 2.24) is 4.90 Å². The third kappa shape index (κ3) is 2.94. The lowest BCUT2D eigenvalue weighted by Gasteiger charge is -2.29. The summed E-state index contributed by atoms with van der Waals surface area (Å²) >= 11 is 0. The first kappa shape index (κ1) is 14.5. The lowest BCUT2D eigenvalue weighted by Crippen LogP contribution is -2.46. The Bertz CT molecular complexity index is 709. The second kappa shape index (κ2) is 6.15. The number of likely N-dealkylation sites (tertiary alicyclic amines) is 1. The van der Waals surface area contributed by atoms with Gasteiger partial charge in [-0.25, -0.2) is 0 Å². The van der Waals surface area contributed by atoms with Crippen LogP contribution >= 0.6 is 0 Å². The number of hydrogen-bond donors (Lipinski definition) is 2. The minimum absolute atomic E-state index is 0.224. The zero-order chi connectivity index (χ0) is 15.5. The molecule has 1 fully saturated rings. The lowest BCUT2D eigenvalue weighted by molar-refractivity contribution is -0.145. The molecule has 0 aromatic heterocycles. The molecule has 0 aliphatic carbocycles. The van der Waals surface area contributed by atoms with Gasteiger partial charge in [0.05, 0.1) is 6.10 Å². The number of β-amino-alcohol motifs (C(OH)–C–C–N with tert-alkyl or cyclic N) is 1. The number of carbonyl (C=O) groups excluding carboxylic acids is 2. The number of piperidine rings is 1. The molecule has 22 heavy (non-hydrogen) atoms. The van der Waals surface area contributed by atoms with Crippen molar-refractivity contribution < 1.29 is 14.7 Å². The second-order valence-corrected chi connectivity index (χ2v) is 5.53. The Hall–Kier alpha value is -2.40. The number of carbonyl (C=O) groups is 2. The predicted octanol–water partition coefficient (Wildman–Crippen LogP) is 1.76. The van der Waals surface area contributed by atoms with E-state index in [-0.39, 0.29) is 6.54 Å². The highest BCUT2D eigenvalue weighted by atomic mass is 16.3. The molecule has 0 spiro atoms. The van der Waals surface area contributed by atoms with E-state index >= 15 is 0 Å². The van der Waals surface area contributed by atoms with Gasteiger partial charge in [-0.1, -0.05) is 36.4 Å². The molecule has 1 unspecified atom stereocenters. The topological polar surface area (TPSA) is 69.6 Å². The van der Waals surface area contributed by atoms with E-state index in [0.717, 1.165) is 10.8 Å². The van der Waals surface area contributed by atoms with E-state index in [4.69, 9.17) is 0 Å². The van der Waals surface area contributed by atoms with Crippen LogP contribution in [0.4, 0.5) is 5.69 Å². The molecule has 2 amide bonds. The van der Waals surface area contributed by atoms with Crippen molar-refractivity contribution in [2.75, 3.05) is 18.4 Å². The molecule has 1 aliphatic heterocycles. The van der Waals surface area contributed by atoms with Crippen LogP contribution < -0.4 is 5.32 Å². The third-order valence-corrected chi connectivity index (χ3v) is 3.92. The molecule has 0 bridgehead atoms. The average Bonchev–Trinajstić information content (AvgIpc) is 2.54. The van der Waals surface area contributed by atoms with Gasteiger partial charge in [0.25, 0.3) is 0 Å². The maximum atomic E-state index is 12.2. The van der Waals surface area contributed by atoms with E-state index in [0.29, 0.717) is 25.1 Å². The van der Waals surface area contributed by atoms with Crippen LogP contribution in [0.2, 0.25) is 0 Å². The highest BCUT2D eigenvalue weighted by Gasteiger charge is 2.27. The van der Waals surface area contributed by atoms with E-state index < -0.39 is 17.9 Å². The zero-order valence-corrected chi connectivity index (χ0v) is 12.2. The van der Waals surface area contributed by atoms with Crippen molar-refractivity contribution in [3.8, 4) is 0 Å². The number of hydrogen-bond acceptors (Lipinski definition) is 3. The minimum atomic E-state index is -0.662. The fraction of sp³-hybridized carbons (Fsp3) is 0.294. The summed E-state index contributed by atoms with van der Waals surface area (Å²) in [4.78, 5) is 25.8. The Morgan fingerprint density at radius 1 is 1.14 bits per heavy atom. The summed E-state index contributed by atoms with van der Waals surface area (Å²) in [6.07, 6.45) is 0.853. The molecule has 1 atom stereocenters. The number of rotatable bonds is 1. The highest BCUT2D eigenvalue weighted by molar-refractivity contribution is 6.40. The van der Waals surface area contributed by atoms with Crippen LogP contribution in [0.15, 0.2) is 42.5 Å². The molecule has 1 heterocycles. The maximum absolute atomic E-state index is 12.2. The fourth-order valence-corrected chi connectivity index (χ4v) is 2.79. The summed E-state index contributed by atoms with van der Waals surface area (Å²) < 4.78 is 0. The third-order valence-electron chi connectivity index (χ3n) is 3.92. The predicted molar refractivity (Wildman–Crippen MR) is 84.4 cm³/mol. The normalized spacial score (nSPS) is 18.2. The summed E-state index contributed by atoms with van der Waals surface area (Å²) in [5.41, 5.74) is 0.619. The van der Waals surface area contributed by atoms with Crippen molar-refractivity contribution in [3.63, 3.8) is 0 Å². The van der Waals surface area contributed by atoms with Gasteiger partial charge >= 0.3 is 11.8 Å². The number of amides is 2. The summed E-state index contributed by atoms with van der Waals surface area (Å²) in [5, 5.41) is 14.2. The molecule has 114 valence electrons. The first-order chi connectivity index (χ1) is 10.6. The van der Waals surface area contributed by atoms with Crippen LogP contribution in [0.5, 0.6) is 0 Å². The maximum Gasteiger partial charge on any atom is 0.313 e. The lowest BCUT2D eigenvalue weighted by atomic mass is 10.1. The highest BCUT2D eigenvalue weighted by Crippen LogP contribution is 2.23. The monoisotopic (exact) mass is 298 g/mol. The fourth-order valence-electron chi connectivity index (χ4n) is 2.79. The summed E-state index contributed by atoms with van der Waals surface area (Å²) in [5.74, 6) is -1.25. The Balaban J connectivity index is 1.77. The molecule has 2 aromatic rings. The van der Waals surface area contributed by atoms with Gasteiger partial charge in [0.15, 0.2) is 0 Å². The summed E-state index contributed by atoms with van der Waals surface area (Å²) in [6, 6.07) is 13.2. The van der Waals surface area contributed by atoms with Crippen LogP contribution in [0, 0.1) is 0 Å². The smallest absolute Gasteiger partial charge is 0.313 e. The van der Waals surface area contributed by atoms with Gasteiger partial charge in [-0.05, 0) is 24.3 Å². The molecule has 5 heteroatoms. The Labute approximate surface area is 128 Å². The van der Waals surface area contributed by atoms with Gasteiger partial charge in [0.2, 0.25) is 0 Å². The molecule has 2 N–H and O–H groups in total. The molecule has 5 nitrogen and oxygen atoms in total. The van der Waals surface area contributed by atoms with Gasteiger partial charge in [-0.3, -0.25) is 9.59 Å². The van der Waals surface area contributed by atoms with Crippen LogP contribution in [0.1, 0.15) is 12.8 Å². The van der Waals surface area contributed by atoms with Gasteiger partial charge in [-0.15, -0.1) is 0 Å². The standard InChI is InChI=1S/C17H18N2O3/c20-13-7-4-10-19(11-13)17(22)16(21)18-15-9-3-6-12-5-1-2-8-14(12)15/h1-3,5-6,8-9,13,20H,4,7,10-11H2,(H,18,21). The van der Waals surface area contributed by atoms with E-state index in [1.54, 1.807) is 6.07 Å². The van der Waals surface area contributed by atoms with Crippen LogP contribution in [0.3, 0.4) is 0 Å². The molecule has 0 saturated carbocycles. The zero-order valence-electron chi connectivity index (χ0n) is 12.2. The minimum Gasteiger partial charge on any atom is -0.391 e. The molecule has 1 aliphatic rings. The Morgan fingerprint density at radius 2 is 1.91 bits per heavy atom. The Morgan fingerprint density at radius 3 is 2.73 bits per heavy atom. The second-order valence-electron chi connectivity index (χ2n) is 5.53. The molecule has 0 radical (unpaired) electrons. The first-order valence-corrected chi connectivity index (χ1v) is 7.41. The number of fused-ring (bicyclic) bond motifs is 1. The van der Waals surface area contributed by atoms with E-state index in [2.05, 4.69) is 5.32 Å². The molecular weight excluding hydrogens is 280 g/mol. The number of nitrogens with one attached hydrogen (secondary N) is 1.